The van der Waals surface area contributed by atoms with Gasteiger partial charge in [-0.15, -0.1) is 0 Å². The van der Waals surface area contributed by atoms with Crippen molar-refractivity contribution in [1.82, 2.24) is 9.78 Å². The van der Waals surface area contributed by atoms with E-state index in [-0.39, 0.29) is 5.91 Å². The standard InChI is InChI=1S/C27H26N4O4/c1-30(27(33)35-3)22-13-11-21(12-14-22)28-26(32)24-18-31(17-19-7-5-4-6-8-19)29-25(24)20-9-15-23(34-2)16-10-20/h4-16,18H,17H2,1-3H3,(H,28,32). The van der Waals surface area contributed by atoms with E-state index in [1.165, 1.54) is 12.0 Å². The van der Waals surface area contributed by atoms with E-state index in [4.69, 9.17) is 14.6 Å². The topological polar surface area (TPSA) is 85.7 Å². The molecule has 0 aliphatic heterocycles. The van der Waals surface area contributed by atoms with E-state index >= 15 is 0 Å². The van der Waals surface area contributed by atoms with Gasteiger partial charge in [-0.05, 0) is 54.1 Å². The summed E-state index contributed by atoms with van der Waals surface area (Å²) in [6.45, 7) is 0.534. The minimum atomic E-state index is -0.475. The Morgan fingerprint density at radius 2 is 1.63 bits per heavy atom. The van der Waals surface area contributed by atoms with E-state index in [9.17, 15) is 9.59 Å². The molecule has 0 saturated carbocycles. The lowest BCUT2D eigenvalue weighted by Gasteiger charge is -2.16. The van der Waals surface area contributed by atoms with Crippen molar-refractivity contribution in [2.24, 2.45) is 0 Å². The second kappa shape index (κ2) is 10.6. The first-order valence-electron chi connectivity index (χ1n) is 11.0. The quantitative estimate of drug-likeness (QED) is 0.408. The number of nitrogens with one attached hydrogen (secondary N) is 1. The Hall–Kier alpha value is -4.59. The van der Waals surface area contributed by atoms with Crippen molar-refractivity contribution in [3.8, 4) is 17.0 Å². The Bertz CT molecular complexity index is 1300. The Morgan fingerprint density at radius 3 is 2.26 bits per heavy atom. The first-order valence-corrected chi connectivity index (χ1v) is 11.0. The molecule has 3 aromatic carbocycles. The molecule has 0 spiro atoms. The number of rotatable bonds is 7. The van der Waals surface area contributed by atoms with Crippen LogP contribution in [0.25, 0.3) is 11.3 Å². The number of hydrogen-bond acceptors (Lipinski definition) is 5. The van der Waals surface area contributed by atoms with Gasteiger partial charge in [0.05, 0.1) is 26.3 Å². The molecule has 0 bridgehead atoms. The summed E-state index contributed by atoms with van der Waals surface area (Å²) in [5, 5.41) is 7.64. The lowest BCUT2D eigenvalue weighted by atomic mass is 10.1. The van der Waals surface area contributed by atoms with Crippen molar-refractivity contribution in [3.05, 3.63) is 96.2 Å². The van der Waals surface area contributed by atoms with Gasteiger partial charge in [0.15, 0.2) is 0 Å². The summed E-state index contributed by atoms with van der Waals surface area (Å²) in [5.74, 6) is 0.435. The third-order valence-corrected chi connectivity index (χ3v) is 5.52. The van der Waals surface area contributed by atoms with Crippen LogP contribution in [0.5, 0.6) is 5.75 Å². The molecule has 4 rings (SSSR count). The van der Waals surface area contributed by atoms with Crippen molar-refractivity contribution in [1.29, 1.82) is 0 Å². The summed E-state index contributed by atoms with van der Waals surface area (Å²) in [6, 6.07) is 24.3. The zero-order valence-corrected chi connectivity index (χ0v) is 19.8. The number of benzene rings is 3. The van der Waals surface area contributed by atoms with Crippen molar-refractivity contribution in [3.63, 3.8) is 0 Å². The van der Waals surface area contributed by atoms with Crippen LogP contribution in [-0.2, 0) is 11.3 Å². The Balaban J connectivity index is 1.61. The summed E-state index contributed by atoms with van der Waals surface area (Å²) < 4.78 is 11.8. The number of ether oxygens (including phenoxy) is 2. The zero-order valence-electron chi connectivity index (χ0n) is 19.8. The maximum Gasteiger partial charge on any atom is 0.413 e. The van der Waals surface area contributed by atoms with E-state index in [0.717, 1.165) is 16.9 Å². The monoisotopic (exact) mass is 470 g/mol. The SMILES string of the molecule is COC(=O)N(C)c1ccc(NC(=O)c2cn(Cc3ccccc3)nc2-c2ccc(OC)cc2)cc1. The molecule has 4 aromatic rings. The van der Waals surface area contributed by atoms with Gasteiger partial charge in [0.25, 0.3) is 5.91 Å². The molecule has 178 valence electrons. The number of methoxy groups -OCH3 is 2. The molecule has 1 aromatic heterocycles. The molecule has 0 unspecified atom stereocenters. The molecule has 0 fully saturated rings. The van der Waals surface area contributed by atoms with Gasteiger partial charge in [0.1, 0.15) is 11.4 Å². The fourth-order valence-corrected chi connectivity index (χ4v) is 3.61. The maximum atomic E-state index is 13.3. The first-order chi connectivity index (χ1) is 17.0. The third kappa shape index (κ3) is 5.50. The second-order valence-corrected chi connectivity index (χ2v) is 7.83. The molecule has 8 nitrogen and oxygen atoms in total. The van der Waals surface area contributed by atoms with E-state index in [0.29, 0.717) is 29.2 Å². The maximum absolute atomic E-state index is 13.3. The zero-order chi connectivity index (χ0) is 24.8. The van der Waals surface area contributed by atoms with Gasteiger partial charge < -0.3 is 14.8 Å². The molecule has 8 heteroatoms. The van der Waals surface area contributed by atoms with E-state index in [1.807, 2.05) is 54.6 Å². The Kier molecular flexibility index (Phi) is 7.11. The predicted molar refractivity (Wildman–Crippen MR) is 135 cm³/mol. The van der Waals surface area contributed by atoms with Gasteiger partial charge in [-0.3, -0.25) is 14.4 Å². The fourth-order valence-electron chi connectivity index (χ4n) is 3.61. The molecule has 0 radical (unpaired) electrons. The van der Waals surface area contributed by atoms with Crippen molar-refractivity contribution < 1.29 is 19.1 Å². The van der Waals surface area contributed by atoms with Crippen LogP contribution in [0.4, 0.5) is 16.2 Å². The van der Waals surface area contributed by atoms with Gasteiger partial charge in [0, 0.05) is 30.2 Å². The largest absolute Gasteiger partial charge is 0.497 e. The minimum absolute atomic E-state index is 0.288. The van der Waals surface area contributed by atoms with Crippen LogP contribution in [0.3, 0.4) is 0 Å². The van der Waals surface area contributed by atoms with Crippen LogP contribution in [0.1, 0.15) is 15.9 Å². The average molecular weight is 471 g/mol. The van der Waals surface area contributed by atoms with Crippen molar-refractivity contribution >= 4 is 23.4 Å². The summed E-state index contributed by atoms with van der Waals surface area (Å²) >= 11 is 0. The number of anilines is 2. The highest BCUT2D eigenvalue weighted by molar-refractivity contribution is 6.08. The van der Waals surface area contributed by atoms with Crippen molar-refractivity contribution in [2.75, 3.05) is 31.5 Å². The fraction of sp³-hybridized carbons (Fsp3) is 0.148. The van der Waals surface area contributed by atoms with Gasteiger partial charge in [-0.25, -0.2) is 4.79 Å². The van der Waals surface area contributed by atoms with Gasteiger partial charge in [-0.2, -0.15) is 5.10 Å². The van der Waals surface area contributed by atoms with Crippen LogP contribution >= 0.6 is 0 Å². The molecule has 0 saturated heterocycles. The predicted octanol–water partition coefficient (Wildman–Crippen LogP) is 5.06. The number of carbonyl (C=O) groups excluding carboxylic acids is 2. The van der Waals surface area contributed by atoms with Crippen LogP contribution in [0, 0.1) is 0 Å². The van der Waals surface area contributed by atoms with Gasteiger partial charge in [0.2, 0.25) is 0 Å². The summed E-state index contributed by atoms with van der Waals surface area (Å²) in [6.07, 6.45) is 1.28. The molecule has 0 aliphatic carbocycles. The lowest BCUT2D eigenvalue weighted by molar-refractivity contribution is 0.102. The highest BCUT2D eigenvalue weighted by Crippen LogP contribution is 2.26. The van der Waals surface area contributed by atoms with Crippen molar-refractivity contribution in [2.45, 2.75) is 6.54 Å². The molecular weight excluding hydrogens is 444 g/mol. The minimum Gasteiger partial charge on any atom is -0.497 e. The molecule has 0 atom stereocenters. The molecule has 35 heavy (non-hydrogen) atoms. The second-order valence-electron chi connectivity index (χ2n) is 7.83. The normalized spacial score (nSPS) is 10.5. The molecule has 1 heterocycles. The number of amides is 2. The van der Waals surface area contributed by atoms with Crippen LogP contribution < -0.4 is 15.0 Å². The molecule has 2 amide bonds. The Morgan fingerprint density at radius 1 is 0.943 bits per heavy atom. The smallest absolute Gasteiger partial charge is 0.413 e. The average Bonchev–Trinajstić information content (AvgIpc) is 3.32. The van der Waals surface area contributed by atoms with Crippen LogP contribution in [0.2, 0.25) is 0 Å². The number of carbonyl (C=O) groups is 2. The van der Waals surface area contributed by atoms with E-state index in [1.54, 1.807) is 49.3 Å². The summed E-state index contributed by atoms with van der Waals surface area (Å²) in [5.41, 5.74) is 4.13. The first kappa shape index (κ1) is 23.6. The Labute approximate surface area is 203 Å². The highest BCUT2D eigenvalue weighted by Gasteiger charge is 2.19. The third-order valence-electron chi connectivity index (χ3n) is 5.52. The number of hydrogen-bond donors (Lipinski definition) is 1. The van der Waals surface area contributed by atoms with E-state index in [2.05, 4.69) is 5.32 Å². The van der Waals surface area contributed by atoms with E-state index < -0.39 is 6.09 Å². The summed E-state index contributed by atoms with van der Waals surface area (Å²) in [4.78, 5) is 26.4. The van der Waals surface area contributed by atoms with Gasteiger partial charge >= 0.3 is 6.09 Å². The molecular formula is C27H26N4O4. The van der Waals surface area contributed by atoms with Gasteiger partial charge in [-0.1, -0.05) is 30.3 Å². The highest BCUT2D eigenvalue weighted by atomic mass is 16.5. The number of aromatic nitrogens is 2. The van der Waals surface area contributed by atoms with Crippen LogP contribution in [0.15, 0.2) is 85.1 Å². The molecule has 0 aliphatic rings. The lowest BCUT2D eigenvalue weighted by Crippen LogP contribution is -2.25. The van der Waals surface area contributed by atoms with Crippen LogP contribution in [-0.4, -0.2) is 43.0 Å². The number of nitrogens with zero attached hydrogens (tertiary/aromatic N) is 3. The summed E-state index contributed by atoms with van der Waals surface area (Å²) in [7, 11) is 4.55. The molecule has 1 N–H and O–H groups in total.